The predicted molar refractivity (Wildman–Crippen MR) is 79.4 cm³/mol. The van der Waals surface area contributed by atoms with E-state index in [1.54, 1.807) is 4.90 Å². The van der Waals surface area contributed by atoms with E-state index >= 15 is 0 Å². The number of amides is 1. The van der Waals surface area contributed by atoms with Gasteiger partial charge in [0, 0.05) is 13.1 Å². The van der Waals surface area contributed by atoms with E-state index in [0.717, 1.165) is 18.4 Å². The summed E-state index contributed by atoms with van der Waals surface area (Å²) in [7, 11) is 0. The average Bonchev–Trinajstić information content (AvgIpc) is 2.59. The number of hydrogen-bond acceptors (Lipinski definition) is 4. The van der Waals surface area contributed by atoms with Gasteiger partial charge in [0.15, 0.2) is 0 Å². The van der Waals surface area contributed by atoms with Crippen LogP contribution in [0.15, 0.2) is 18.2 Å². The number of carbonyl (C=O) groups is 1. The van der Waals surface area contributed by atoms with Crippen LogP contribution >= 0.6 is 0 Å². The molecule has 1 unspecified atom stereocenters. The molecule has 1 atom stereocenters. The molecular weight excluding hydrogens is 254 g/mol. The van der Waals surface area contributed by atoms with E-state index in [1.165, 1.54) is 0 Å². The Hall–Kier alpha value is -1.59. The Labute approximate surface area is 119 Å². The van der Waals surface area contributed by atoms with Gasteiger partial charge in [-0.2, -0.15) is 0 Å². The SMILES string of the molecule is Cc1ccc(NN)c(C(=O)N2CCCC(C)(O)CC2)c1. The van der Waals surface area contributed by atoms with Crippen LogP contribution in [0.5, 0.6) is 0 Å². The van der Waals surface area contributed by atoms with Crippen LogP contribution in [-0.4, -0.2) is 34.6 Å². The summed E-state index contributed by atoms with van der Waals surface area (Å²) in [5, 5.41) is 10.1. The van der Waals surface area contributed by atoms with Crippen LogP contribution in [0.4, 0.5) is 5.69 Å². The number of aliphatic hydroxyl groups is 1. The predicted octanol–water partition coefficient (Wildman–Crippen LogP) is 1.66. The molecule has 1 saturated heterocycles. The Balaban J connectivity index is 2.21. The van der Waals surface area contributed by atoms with Gasteiger partial charge >= 0.3 is 0 Å². The number of benzene rings is 1. The largest absolute Gasteiger partial charge is 0.390 e. The van der Waals surface area contributed by atoms with Crippen molar-refractivity contribution in [2.45, 2.75) is 38.7 Å². The van der Waals surface area contributed by atoms with Crippen molar-refractivity contribution in [1.82, 2.24) is 4.90 Å². The van der Waals surface area contributed by atoms with Gasteiger partial charge in [0.2, 0.25) is 0 Å². The summed E-state index contributed by atoms with van der Waals surface area (Å²) in [6.45, 7) is 5.03. The molecule has 2 rings (SSSR count). The molecule has 1 aromatic rings. The van der Waals surface area contributed by atoms with Crippen molar-refractivity contribution >= 4 is 11.6 Å². The third kappa shape index (κ3) is 3.29. The van der Waals surface area contributed by atoms with Crippen LogP contribution < -0.4 is 11.3 Å². The molecule has 4 N–H and O–H groups in total. The van der Waals surface area contributed by atoms with Crippen molar-refractivity contribution in [2.75, 3.05) is 18.5 Å². The quantitative estimate of drug-likeness (QED) is 0.567. The molecule has 1 heterocycles. The molecule has 0 aliphatic carbocycles. The number of carbonyl (C=O) groups excluding carboxylic acids is 1. The number of nitrogens with zero attached hydrogens (tertiary/aromatic N) is 1. The molecule has 1 aromatic carbocycles. The van der Waals surface area contributed by atoms with Gasteiger partial charge in [-0.3, -0.25) is 10.6 Å². The molecule has 0 aromatic heterocycles. The number of hydrogen-bond donors (Lipinski definition) is 3. The van der Waals surface area contributed by atoms with E-state index in [-0.39, 0.29) is 5.91 Å². The lowest BCUT2D eigenvalue weighted by Crippen LogP contribution is -2.34. The molecule has 5 nitrogen and oxygen atoms in total. The maximum absolute atomic E-state index is 12.6. The smallest absolute Gasteiger partial charge is 0.256 e. The molecule has 0 saturated carbocycles. The van der Waals surface area contributed by atoms with E-state index < -0.39 is 5.60 Å². The molecule has 1 fully saturated rings. The number of likely N-dealkylation sites (tertiary alicyclic amines) is 1. The van der Waals surface area contributed by atoms with Crippen LogP contribution in [0.2, 0.25) is 0 Å². The fourth-order valence-electron chi connectivity index (χ4n) is 2.60. The zero-order valence-corrected chi connectivity index (χ0v) is 12.1. The number of rotatable bonds is 2. The molecule has 20 heavy (non-hydrogen) atoms. The second-order valence-corrected chi connectivity index (χ2v) is 5.84. The van der Waals surface area contributed by atoms with E-state index in [0.29, 0.717) is 30.8 Å². The van der Waals surface area contributed by atoms with E-state index in [1.807, 2.05) is 32.0 Å². The fraction of sp³-hybridized carbons (Fsp3) is 0.533. The maximum Gasteiger partial charge on any atom is 0.256 e. The average molecular weight is 277 g/mol. The summed E-state index contributed by atoms with van der Waals surface area (Å²) >= 11 is 0. The first-order valence-electron chi connectivity index (χ1n) is 7.02. The molecule has 0 spiro atoms. The van der Waals surface area contributed by atoms with E-state index in [2.05, 4.69) is 5.43 Å². The van der Waals surface area contributed by atoms with E-state index in [9.17, 15) is 9.90 Å². The second kappa shape index (κ2) is 5.81. The molecule has 0 radical (unpaired) electrons. The summed E-state index contributed by atoms with van der Waals surface area (Å²) < 4.78 is 0. The minimum Gasteiger partial charge on any atom is -0.390 e. The number of anilines is 1. The summed E-state index contributed by atoms with van der Waals surface area (Å²) in [5.74, 6) is 5.45. The van der Waals surface area contributed by atoms with Crippen LogP contribution in [0.3, 0.4) is 0 Å². The van der Waals surface area contributed by atoms with Crippen molar-refractivity contribution in [3.63, 3.8) is 0 Å². The van der Waals surface area contributed by atoms with E-state index in [4.69, 9.17) is 5.84 Å². The zero-order chi connectivity index (χ0) is 14.8. The minimum atomic E-state index is -0.670. The minimum absolute atomic E-state index is 0.0284. The van der Waals surface area contributed by atoms with Crippen LogP contribution in [-0.2, 0) is 0 Å². The van der Waals surface area contributed by atoms with Gasteiger partial charge < -0.3 is 15.4 Å². The van der Waals surface area contributed by atoms with Crippen molar-refractivity contribution in [3.8, 4) is 0 Å². The Kier molecular flexibility index (Phi) is 4.30. The number of nitrogens with one attached hydrogen (secondary N) is 1. The normalized spacial score (nSPS) is 23.3. The van der Waals surface area contributed by atoms with Crippen LogP contribution in [0.1, 0.15) is 42.1 Å². The van der Waals surface area contributed by atoms with Gasteiger partial charge in [-0.25, -0.2) is 0 Å². The number of nitrogen functional groups attached to an aromatic ring is 1. The van der Waals surface area contributed by atoms with Gasteiger partial charge in [0.25, 0.3) is 5.91 Å². The lowest BCUT2D eigenvalue weighted by Gasteiger charge is -2.23. The zero-order valence-electron chi connectivity index (χ0n) is 12.1. The maximum atomic E-state index is 12.6. The third-order valence-corrected chi connectivity index (χ3v) is 3.91. The van der Waals surface area contributed by atoms with Gasteiger partial charge in [-0.05, 0) is 45.2 Å². The molecular formula is C15H23N3O2. The highest BCUT2D eigenvalue weighted by molar-refractivity contribution is 5.99. The third-order valence-electron chi connectivity index (χ3n) is 3.91. The summed E-state index contributed by atoms with van der Waals surface area (Å²) in [6, 6.07) is 5.58. The lowest BCUT2D eigenvalue weighted by atomic mass is 9.98. The van der Waals surface area contributed by atoms with Crippen molar-refractivity contribution in [1.29, 1.82) is 0 Å². The van der Waals surface area contributed by atoms with Crippen molar-refractivity contribution < 1.29 is 9.90 Å². The Bertz CT molecular complexity index is 500. The highest BCUT2D eigenvalue weighted by Gasteiger charge is 2.28. The Morgan fingerprint density at radius 3 is 2.85 bits per heavy atom. The number of hydrazine groups is 1. The molecule has 5 heteroatoms. The molecule has 1 aliphatic rings. The van der Waals surface area contributed by atoms with Crippen LogP contribution in [0, 0.1) is 6.92 Å². The first kappa shape index (κ1) is 14.8. The highest BCUT2D eigenvalue weighted by atomic mass is 16.3. The fourth-order valence-corrected chi connectivity index (χ4v) is 2.60. The topological polar surface area (TPSA) is 78.6 Å². The Morgan fingerprint density at radius 2 is 2.15 bits per heavy atom. The van der Waals surface area contributed by atoms with Gasteiger partial charge in [-0.15, -0.1) is 0 Å². The van der Waals surface area contributed by atoms with Gasteiger partial charge in [0.05, 0.1) is 16.9 Å². The summed E-state index contributed by atoms with van der Waals surface area (Å²) in [5.41, 5.74) is 4.16. The lowest BCUT2D eigenvalue weighted by molar-refractivity contribution is 0.0438. The second-order valence-electron chi connectivity index (χ2n) is 5.84. The van der Waals surface area contributed by atoms with Gasteiger partial charge in [0.1, 0.15) is 0 Å². The molecule has 110 valence electrons. The monoisotopic (exact) mass is 277 g/mol. The van der Waals surface area contributed by atoms with Crippen molar-refractivity contribution in [3.05, 3.63) is 29.3 Å². The first-order chi connectivity index (χ1) is 9.43. The van der Waals surface area contributed by atoms with Crippen LogP contribution in [0.25, 0.3) is 0 Å². The standard InChI is InChI=1S/C15H23N3O2/c1-11-4-5-13(17-16)12(10-11)14(19)18-8-3-6-15(2,20)7-9-18/h4-5,10,17,20H,3,6-9,16H2,1-2H3. The molecule has 0 bridgehead atoms. The summed E-state index contributed by atoms with van der Waals surface area (Å²) in [4.78, 5) is 14.4. The molecule has 1 aliphatic heterocycles. The summed E-state index contributed by atoms with van der Waals surface area (Å²) in [6.07, 6.45) is 2.15. The first-order valence-corrected chi connectivity index (χ1v) is 7.02. The van der Waals surface area contributed by atoms with Crippen molar-refractivity contribution in [2.24, 2.45) is 5.84 Å². The Morgan fingerprint density at radius 1 is 1.40 bits per heavy atom. The molecule has 1 amide bonds. The number of nitrogens with two attached hydrogens (primary N) is 1. The number of aryl methyl sites for hydroxylation is 1. The highest BCUT2D eigenvalue weighted by Crippen LogP contribution is 2.24. The van der Waals surface area contributed by atoms with Gasteiger partial charge in [-0.1, -0.05) is 11.6 Å².